The van der Waals surface area contributed by atoms with Crippen molar-refractivity contribution >= 4 is 34.8 Å². The van der Waals surface area contributed by atoms with E-state index < -0.39 is 6.10 Å². The van der Waals surface area contributed by atoms with Gasteiger partial charge in [-0.2, -0.15) is 0 Å². The summed E-state index contributed by atoms with van der Waals surface area (Å²) in [6.45, 7) is 1.84. The Kier molecular flexibility index (Phi) is 4.71. The third-order valence-corrected chi connectivity index (χ3v) is 3.99. The molecule has 2 aromatic rings. The maximum Gasteiger partial charge on any atom is 0.268 e. The van der Waals surface area contributed by atoms with E-state index in [0.29, 0.717) is 28.6 Å². The zero-order valence-corrected chi connectivity index (χ0v) is 13.9. The van der Waals surface area contributed by atoms with Crippen molar-refractivity contribution in [2.75, 3.05) is 16.8 Å². The molecule has 2 aromatic carbocycles. The van der Waals surface area contributed by atoms with Crippen LogP contribution in [0.1, 0.15) is 13.3 Å². The van der Waals surface area contributed by atoms with E-state index in [-0.39, 0.29) is 18.4 Å². The highest BCUT2D eigenvalue weighted by molar-refractivity contribution is 6.30. The summed E-state index contributed by atoms with van der Waals surface area (Å²) >= 11 is 5.96. The second kappa shape index (κ2) is 6.93. The molecule has 1 aliphatic heterocycles. The van der Waals surface area contributed by atoms with Crippen molar-refractivity contribution in [1.82, 2.24) is 0 Å². The number of para-hydroxylation sites is 2. The van der Waals surface area contributed by atoms with Crippen molar-refractivity contribution in [1.29, 1.82) is 0 Å². The highest BCUT2D eigenvalue weighted by Crippen LogP contribution is 2.30. The van der Waals surface area contributed by atoms with E-state index in [2.05, 4.69) is 5.32 Å². The molecule has 0 aromatic heterocycles. The summed E-state index contributed by atoms with van der Waals surface area (Å²) in [5.74, 6) is 0.0527. The molecular weight excluding hydrogens is 328 g/mol. The van der Waals surface area contributed by atoms with Gasteiger partial charge in [-0.3, -0.25) is 14.5 Å². The largest absolute Gasteiger partial charge is 0.481 e. The van der Waals surface area contributed by atoms with Crippen LogP contribution in [0.4, 0.5) is 11.4 Å². The molecule has 0 saturated carbocycles. The molecular formula is C18H17ClN2O3. The standard InChI is InChI=1S/C18H17ClN2O3/c1-2-16(24-13-7-5-6-12(19)10-13)18(23)21-11-17(22)20-14-8-3-4-9-15(14)21/h3-10,16H,2,11H2,1H3,(H,20,22)/t16-/m1/s1. The van der Waals surface area contributed by atoms with E-state index in [9.17, 15) is 9.59 Å². The van der Waals surface area contributed by atoms with Gasteiger partial charge in [-0.25, -0.2) is 0 Å². The van der Waals surface area contributed by atoms with Crippen LogP contribution in [-0.4, -0.2) is 24.5 Å². The van der Waals surface area contributed by atoms with Gasteiger partial charge in [0.25, 0.3) is 5.91 Å². The highest BCUT2D eigenvalue weighted by atomic mass is 35.5. The Morgan fingerprint density at radius 1 is 1.29 bits per heavy atom. The fourth-order valence-electron chi connectivity index (χ4n) is 2.62. The molecule has 0 bridgehead atoms. The average Bonchev–Trinajstić information content (AvgIpc) is 2.58. The predicted molar refractivity (Wildman–Crippen MR) is 93.6 cm³/mol. The smallest absolute Gasteiger partial charge is 0.268 e. The van der Waals surface area contributed by atoms with Crippen molar-refractivity contribution in [3.8, 4) is 5.75 Å². The Bertz CT molecular complexity index is 778. The fourth-order valence-corrected chi connectivity index (χ4v) is 2.80. The highest BCUT2D eigenvalue weighted by Gasteiger charge is 2.31. The zero-order valence-electron chi connectivity index (χ0n) is 13.2. The van der Waals surface area contributed by atoms with E-state index in [1.165, 1.54) is 4.90 Å². The van der Waals surface area contributed by atoms with Gasteiger partial charge in [0.2, 0.25) is 5.91 Å². The van der Waals surface area contributed by atoms with Crippen LogP contribution in [-0.2, 0) is 9.59 Å². The minimum atomic E-state index is -0.692. The number of benzene rings is 2. The predicted octanol–water partition coefficient (Wildman–Crippen LogP) is 3.48. The van der Waals surface area contributed by atoms with E-state index in [0.717, 1.165) is 0 Å². The van der Waals surface area contributed by atoms with Gasteiger partial charge in [-0.05, 0) is 36.8 Å². The summed E-state index contributed by atoms with van der Waals surface area (Å²) in [6, 6.07) is 14.1. The Labute approximate surface area is 145 Å². The SMILES string of the molecule is CC[C@@H](Oc1cccc(Cl)c1)C(=O)N1CC(=O)Nc2ccccc21. The van der Waals surface area contributed by atoms with Crippen LogP contribution in [0.15, 0.2) is 48.5 Å². The lowest BCUT2D eigenvalue weighted by Crippen LogP contribution is -2.48. The molecule has 0 unspecified atom stereocenters. The summed E-state index contributed by atoms with van der Waals surface area (Å²) < 4.78 is 5.80. The zero-order chi connectivity index (χ0) is 17.1. The number of hydrogen-bond donors (Lipinski definition) is 1. The lowest BCUT2D eigenvalue weighted by Gasteiger charge is -2.31. The maximum absolute atomic E-state index is 12.9. The first kappa shape index (κ1) is 16.3. The van der Waals surface area contributed by atoms with Crippen molar-refractivity contribution in [2.45, 2.75) is 19.4 Å². The number of fused-ring (bicyclic) bond motifs is 1. The summed E-state index contributed by atoms with van der Waals surface area (Å²) in [5, 5.41) is 3.31. The van der Waals surface area contributed by atoms with Crippen LogP contribution in [0.2, 0.25) is 5.02 Å². The Hall–Kier alpha value is -2.53. The molecule has 2 amide bonds. The topological polar surface area (TPSA) is 58.6 Å². The lowest BCUT2D eigenvalue weighted by molar-refractivity contribution is -0.127. The third kappa shape index (κ3) is 3.36. The summed E-state index contributed by atoms with van der Waals surface area (Å²) in [7, 11) is 0. The Morgan fingerprint density at radius 3 is 2.83 bits per heavy atom. The first-order valence-electron chi connectivity index (χ1n) is 7.71. The lowest BCUT2D eigenvalue weighted by atomic mass is 10.1. The van der Waals surface area contributed by atoms with Crippen LogP contribution in [0.3, 0.4) is 0 Å². The van der Waals surface area contributed by atoms with Crippen molar-refractivity contribution in [2.24, 2.45) is 0 Å². The van der Waals surface area contributed by atoms with Gasteiger partial charge in [0.05, 0.1) is 11.4 Å². The number of carbonyl (C=O) groups excluding carboxylic acids is 2. The van der Waals surface area contributed by atoms with Gasteiger partial charge < -0.3 is 10.1 Å². The fraction of sp³-hybridized carbons (Fsp3) is 0.222. The van der Waals surface area contributed by atoms with Gasteiger partial charge in [0, 0.05) is 5.02 Å². The maximum atomic E-state index is 12.9. The first-order chi connectivity index (χ1) is 11.6. The van der Waals surface area contributed by atoms with E-state index in [1.807, 2.05) is 19.1 Å². The van der Waals surface area contributed by atoms with Crippen LogP contribution >= 0.6 is 11.6 Å². The molecule has 0 saturated heterocycles. The summed E-state index contributed by atoms with van der Waals surface area (Å²) in [6.07, 6.45) is -0.214. The van der Waals surface area contributed by atoms with Crippen LogP contribution in [0.25, 0.3) is 0 Å². The van der Waals surface area contributed by atoms with Crippen LogP contribution in [0, 0.1) is 0 Å². The second-order valence-corrected chi connectivity index (χ2v) is 5.90. The Morgan fingerprint density at radius 2 is 2.08 bits per heavy atom. The van der Waals surface area contributed by atoms with E-state index in [1.54, 1.807) is 36.4 Å². The number of amides is 2. The van der Waals surface area contributed by atoms with Gasteiger partial charge >= 0.3 is 0 Å². The molecule has 24 heavy (non-hydrogen) atoms. The molecule has 0 fully saturated rings. The van der Waals surface area contributed by atoms with Crippen molar-refractivity contribution < 1.29 is 14.3 Å². The first-order valence-corrected chi connectivity index (χ1v) is 8.08. The van der Waals surface area contributed by atoms with E-state index >= 15 is 0 Å². The number of rotatable bonds is 4. The normalized spacial score (nSPS) is 14.6. The number of nitrogens with one attached hydrogen (secondary N) is 1. The van der Waals surface area contributed by atoms with Gasteiger partial charge in [-0.1, -0.05) is 36.7 Å². The second-order valence-electron chi connectivity index (χ2n) is 5.46. The van der Waals surface area contributed by atoms with Crippen molar-refractivity contribution in [3.63, 3.8) is 0 Å². The van der Waals surface area contributed by atoms with Crippen LogP contribution < -0.4 is 15.0 Å². The molecule has 0 spiro atoms. The summed E-state index contributed by atoms with van der Waals surface area (Å²) in [4.78, 5) is 26.3. The number of hydrogen-bond acceptors (Lipinski definition) is 3. The number of carbonyl (C=O) groups is 2. The molecule has 1 N–H and O–H groups in total. The number of nitrogens with zero attached hydrogens (tertiary/aromatic N) is 1. The molecule has 5 nitrogen and oxygen atoms in total. The molecule has 1 heterocycles. The number of halogens is 1. The van der Waals surface area contributed by atoms with Gasteiger partial charge in [0.15, 0.2) is 6.10 Å². The number of anilines is 2. The molecule has 1 aliphatic rings. The molecule has 3 rings (SSSR count). The average molecular weight is 345 g/mol. The van der Waals surface area contributed by atoms with Gasteiger partial charge in [0.1, 0.15) is 12.3 Å². The number of ether oxygens (including phenoxy) is 1. The quantitative estimate of drug-likeness (QED) is 0.923. The molecule has 0 aliphatic carbocycles. The molecule has 1 atom stereocenters. The third-order valence-electron chi connectivity index (χ3n) is 3.76. The minimum absolute atomic E-state index is 0.0226. The molecule has 0 radical (unpaired) electrons. The van der Waals surface area contributed by atoms with Crippen molar-refractivity contribution in [3.05, 3.63) is 53.6 Å². The van der Waals surface area contributed by atoms with Gasteiger partial charge in [-0.15, -0.1) is 0 Å². The van der Waals surface area contributed by atoms with Crippen LogP contribution in [0.5, 0.6) is 5.75 Å². The minimum Gasteiger partial charge on any atom is -0.481 e. The molecule has 124 valence electrons. The summed E-state index contributed by atoms with van der Waals surface area (Å²) in [5.41, 5.74) is 1.30. The monoisotopic (exact) mass is 344 g/mol. The van der Waals surface area contributed by atoms with E-state index in [4.69, 9.17) is 16.3 Å². The molecule has 6 heteroatoms. The Balaban J connectivity index is 1.85.